The molecule has 45 heavy (non-hydrogen) atoms. The third-order valence-electron chi connectivity index (χ3n) is 7.01. The van der Waals surface area contributed by atoms with Gasteiger partial charge in [-0.05, 0) is 85.6 Å². The molecule has 236 valence electrons. The zero-order valence-electron chi connectivity index (χ0n) is 25.2. The molecule has 0 spiro atoms. The van der Waals surface area contributed by atoms with Crippen LogP contribution in [0.5, 0.6) is 5.75 Å². The first kappa shape index (κ1) is 33.5. The van der Waals surface area contributed by atoms with Gasteiger partial charge >= 0.3 is 0 Å². The molecule has 4 aromatic carbocycles. The van der Waals surface area contributed by atoms with Gasteiger partial charge in [0.25, 0.3) is 10.0 Å². The summed E-state index contributed by atoms with van der Waals surface area (Å²) in [6.07, 6.45) is 0.181. The number of methoxy groups -OCH3 is 1. The van der Waals surface area contributed by atoms with Crippen LogP contribution in [0.4, 0.5) is 10.1 Å². The number of nitrogens with one attached hydrogen (secondary N) is 1. The number of carbonyl (C=O) groups is 2. The van der Waals surface area contributed by atoms with E-state index in [4.69, 9.17) is 16.3 Å². The normalized spacial score (nSPS) is 12.0. The molecule has 0 unspecified atom stereocenters. The van der Waals surface area contributed by atoms with E-state index in [-0.39, 0.29) is 35.5 Å². The van der Waals surface area contributed by atoms with Crippen molar-refractivity contribution < 1.29 is 27.1 Å². The maximum Gasteiger partial charge on any atom is 0.264 e. The molecular weight excluding hydrogens is 617 g/mol. The highest BCUT2D eigenvalue weighted by Crippen LogP contribution is 2.27. The van der Waals surface area contributed by atoms with Crippen LogP contribution < -0.4 is 14.4 Å². The Labute approximate surface area is 268 Å². The number of sulfonamides is 1. The van der Waals surface area contributed by atoms with Crippen molar-refractivity contribution in [1.82, 2.24) is 10.2 Å². The zero-order chi connectivity index (χ0) is 32.6. The standard InChI is InChI=1S/C34H35ClFN3O5S/c1-24(2)37-34(41)32(21-25-7-5-4-6-8-25)38(22-26-9-11-27(35)12-10-26)33(40)23-39(29-15-13-28(36)14-16-29)45(42,43)31-19-17-30(44-3)18-20-31/h4-20,24,32H,21-23H2,1-3H3,(H,37,41)/t32-/m0/s1. The molecule has 0 bridgehead atoms. The molecule has 0 radical (unpaired) electrons. The first-order valence-corrected chi connectivity index (χ1v) is 16.1. The van der Waals surface area contributed by atoms with E-state index in [1.807, 2.05) is 44.2 Å². The molecule has 0 aliphatic heterocycles. The molecule has 0 fully saturated rings. The minimum atomic E-state index is -4.33. The van der Waals surface area contributed by atoms with Gasteiger partial charge in [0.05, 0.1) is 17.7 Å². The van der Waals surface area contributed by atoms with Gasteiger partial charge in [-0.25, -0.2) is 12.8 Å². The average molecular weight is 652 g/mol. The van der Waals surface area contributed by atoms with Crippen molar-refractivity contribution in [2.45, 2.75) is 43.8 Å². The number of ether oxygens (including phenoxy) is 1. The maximum absolute atomic E-state index is 14.4. The number of hydrogen-bond acceptors (Lipinski definition) is 5. The van der Waals surface area contributed by atoms with Crippen LogP contribution in [0, 0.1) is 5.82 Å². The molecule has 11 heteroatoms. The fourth-order valence-electron chi connectivity index (χ4n) is 4.73. The van der Waals surface area contributed by atoms with Crippen LogP contribution in [0.1, 0.15) is 25.0 Å². The lowest BCUT2D eigenvalue weighted by molar-refractivity contribution is -0.140. The van der Waals surface area contributed by atoms with Gasteiger partial charge in [0.1, 0.15) is 24.2 Å². The predicted octanol–water partition coefficient (Wildman–Crippen LogP) is 5.85. The molecular formula is C34H35ClFN3O5S. The Kier molecular flexibility index (Phi) is 11.2. The van der Waals surface area contributed by atoms with E-state index in [0.29, 0.717) is 16.3 Å². The summed E-state index contributed by atoms with van der Waals surface area (Å²) in [5.74, 6) is -1.13. The van der Waals surface area contributed by atoms with E-state index in [1.165, 1.54) is 48.4 Å². The molecule has 1 atom stereocenters. The lowest BCUT2D eigenvalue weighted by Crippen LogP contribution is -2.54. The molecule has 8 nitrogen and oxygen atoms in total. The second-order valence-corrected chi connectivity index (χ2v) is 13.0. The second-order valence-electron chi connectivity index (χ2n) is 10.7. The summed E-state index contributed by atoms with van der Waals surface area (Å²) in [6.45, 7) is 2.98. The Hall–Kier alpha value is -4.41. The molecule has 4 aromatic rings. The monoisotopic (exact) mass is 651 g/mol. The Morgan fingerprint density at radius 1 is 0.867 bits per heavy atom. The quantitative estimate of drug-likeness (QED) is 0.196. The minimum absolute atomic E-state index is 0.00113. The Balaban J connectivity index is 1.79. The Bertz CT molecular complexity index is 1690. The molecule has 0 aliphatic carbocycles. The number of halogens is 2. The van der Waals surface area contributed by atoms with E-state index >= 15 is 0 Å². The molecule has 0 aliphatic rings. The van der Waals surface area contributed by atoms with Crippen LogP contribution in [0.2, 0.25) is 5.02 Å². The van der Waals surface area contributed by atoms with E-state index in [0.717, 1.165) is 22.0 Å². The molecule has 2 amide bonds. The molecule has 0 saturated carbocycles. The van der Waals surface area contributed by atoms with Crippen molar-refractivity contribution >= 4 is 39.1 Å². The van der Waals surface area contributed by atoms with Gasteiger partial charge in [-0.2, -0.15) is 0 Å². The summed E-state index contributed by atoms with van der Waals surface area (Å²) < 4.78 is 48.1. The van der Waals surface area contributed by atoms with Crippen LogP contribution in [0.25, 0.3) is 0 Å². The van der Waals surface area contributed by atoms with Crippen LogP contribution in [-0.4, -0.2) is 50.9 Å². The van der Waals surface area contributed by atoms with Gasteiger partial charge in [0, 0.05) is 24.0 Å². The van der Waals surface area contributed by atoms with Crippen molar-refractivity contribution in [3.05, 3.63) is 125 Å². The largest absolute Gasteiger partial charge is 0.497 e. The number of anilines is 1. The number of benzene rings is 4. The fourth-order valence-corrected chi connectivity index (χ4v) is 6.27. The fraction of sp³-hybridized carbons (Fsp3) is 0.235. The van der Waals surface area contributed by atoms with Crippen molar-refractivity contribution in [3.8, 4) is 5.75 Å². The number of amides is 2. The SMILES string of the molecule is COc1ccc(S(=O)(=O)N(CC(=O)N(Cc2ccc(Cl)cc2)[C@@H](Cc2ccccc2)C(=O)NC(C)C)c2ccc(F)cc2)cc1. The highest BCUT2D eigenvalue weighted by atomic mass is 35.5. The third kappa shape index (κ3) is 8.83. The smallest absolute Gasteiger partial charge is 0.264 e. The van der Waals surface area contributed by atoms with Crippen LogP contribution in [0.15, 0.2) is 108 Å². The van der Waals surface area contributed by atoms with E-state index < -0.39 is 34.3 Å². The summed E-state index contributed by atoms with van der Waals surface area (Å²) in [5.41, 5.74) is 1.59. The van der Waals surface area contributed by atoms with Gasteiger partial charge in [-0.15, -0.1) is 0 Å². The topological polar surface area (TPSA) is 96.0 Å². The van der Waals surface area contributed by atoms with Crippen LogP contribution >= 0.6 is 11.6 Å². The number of carbonyl (C=O) groups excluding carboxylic acids is 2. The van der Waals surface area contributed by atoms with Crippen LogP contribution in [0.3, 0.4) is 0 Å². The summed E-state index contributed by atoms with van der Waals surface area (Å²) in [7, 11) is -2.87. The molecule has 1 N–H and O–H groups in total. The summed E-state index contributed by atoms with van der Waals surface area (Å²) >= 11 is 6.11. The predicted molar refractivity (Wildman–Crippen MR) is 173 cm³/mol. The van der Waals surface area contributed by atoms with Gasteiger partial charge < -0.3 is 15.0 Å². The highest BCUT2D eigenvalue weighted by Gasteiger charge is 2.35. The van der Waals surface area contributed by atoms with Gasteiger partial charge in [-0.3, -0.25) is 13.9 Å². The van der Waals surface area contributed by atoms with Gasteiger partial charge in [0.2, 0.25) is 11.8 Å². The molecule has 0 heterocycles. The summed E-state index contributed by atoms with van der Waals surface area (Å²) in [5, 5.41) is 3.42. The van der Waals surface area contributed by atoms with E-state index in [1.54, 1.807) is 24.3 Å². The number of nitrogens with zero attached hydrogens (tertiary/aromatic N) is 2. The van der Waals surface area contributed by atoms with Crippen molar-refractivity contribution in [2.75, 3.05) is 18.0 Å². The Morgan fingerprint density at radius 3 is 2.07 bits per heavy atom. The van der Waals surface area contributed by atoms with Gasteiger partial charge in [-0.1, -0.05) is 54.1 Å². The highest BCUT2D eigenvalue weighted by molar-refractivity contribution is 7.92. The average Bonchev–Trinajstić information content (AvgIpc) is 3.03. The van der Waals surface area contributed by atoms with Gasteiger partial charge in [0.15, 0.2) is 0 Å². The second kappa shape index (κ2) is 15.0. The summed E-state index contributed by atoms with van der Waals surface area (Å²) in [4.78, 5) is 29.4. The summed E-state index contributed by atoms with van der Waals surface area (Å²) in [6, 6.07) is 25.5. The van der Waals surface area contributed by atoms with E-state index in [2.05, 4.69) is 5.32 Å². The first-order valence-electron chi connectivity index (χ1n) is 14.3. The molecule has 4 rings (SSSR count). The molecule has 0 aromatic heterocycles. The van der Waals surface area contributed by atoms with Crippen molar-refractivity contribution in [2.24, 2.45) is 0 Å². The van der Waals surface area contributed by atoms with Crippen LogP contribution in [-0.2, 0) is 32.6 Å². The first-order chi connectivity index (χ1) is 21.5. The minimum Gasteiger partial charge on any atom is -0.497 e. The lowest BCUT2D eigenvalue weighted by Gasteiger charge is -2.34. The number of hydrogen-bond donors (Lipinski definition) is 1. The third-order valence-corrected chi connectivity index (χ3v) is 9.05. The van der Waals surface area contributed by atoms with Crippen molar-refractivity contribution in [3.63, 3.8) is 0 Å². The zero-order valence-corrected chi connectivity index (χ0v) is 26.8. The maximum atomic E-state index is 14.4. The number of rotatable bonds is 13. The lowest BCUT2D eigenvalue weighted by atomic mass is 10.0. The van der Waals surface area contributed by atoms with Crippen molar-refractivity contribution in [1.29, 1.82) is 0 Å². The molecule has 0 saturated heterocycles. The van der Waals surface area contributed by atoms with E-state index in [9.17, 15) is 22.4 Å². The Morgan fingerprint density at radius 2 is 1.49 bits per heavy atom.